The van der Waals surface area contributed by atoms with E-state index in [0.717, 1.165) is 17.4 Å². The van der Waals surface area contributed by atoms with Crippen molar-refractivity contribution in [3.8, 4) is 0 Å². The number of nitrogen functional groups attached to an aromatic ring is 1. The second-order valence-corrected chi connectivity index (χ2v) is 7.63. The second kappa shape index (κ2) is 6.02. The number of anilines is 2. The third kappa shape index (κ3) is 3.18. The molecule has 0 aliphatic heterocycles. The Morgan fingerprint density at radius 1 is 1.48 bits per heavy atom. The van der Waals surface area contributed by atoms with Crippen molar-refractivity contribution < 1.29 is 8.42 Å². The average molecular weight is 329 g/mol. The summed E-state index contributed by atoms with van der Waals surface area (Å²) in [4.78, 5) is 6.20. The molecule has 9 heteroatoms. The largest absolute Gasteiger partial charge is 0.382 e. The molecule has 2 rings (SSSR count). The highest BCUT2D eigenvalue weighted by atomic mass is 32.2. The summed E-state index contributed by atoms with van der Waals surface area (Å²) in [6.45, 7) is 2.31. The van der Waals surface area contributed by atoms with E-state index in [0.29, 0.717) is 18.0 Å². The zero-order chi connectivity index (χ0) is 15.6. The first kappa shape index (κ1) is 15.8. The summed E-state index contributed by atoms with van der Waals surface area (Å²) in [5, 5.41) is 0.559. The molecular formula is C12H19N5O2S2. The molecule has 0 radical (unpaired) electrons. The van der Waals surface area contributed by atoms with E-state index in [1.54, 1.807) is 6.20 Å². The minimum Gasteiger partial charge on any atom is -0.382 e. The summed E-state index contributed by atoms with van der Waals surface area (Å²) in [6.07, 6.45) is 4.10. The smallest absolute Gasteiger partial charge is 0.185 e. The Kier molecular flexibility index (Phi) is 4.52. The number of hydrogen-bond acceptors (Lipinski definition) is 7. The van der Waals surface area contributed by atoms with Crippen molar-refractivity contribution in [2.24, 2.45) is 7.05 Å². The highest BCUT2D eigenvalue weighted by molar-refractivity contribution is 7.91. The number of sulfone groups is 1. The van der Waals surface area contributed by atoms with Gasteiger partial charge in [0.1, 0.15) is 15.7 Å². The lowest BCUT2D eigenvalue weighted by Gasteiger charge is -2.18. The van der Waals surface area contributed by atoms with Crippen LogP contribution in [0, 0.1) is 0 Å². The van der Waals surface area contributed by atoms with Crippen molar-refractivity contribution in [3.63, 3.8) is 0 Å². The molecule has 0 fully saturated rings. The maximum atomic E-state index is 12.3. The fourth-order valence-corrected chi connectivity index (χ4v) is 4.77. The number of hydrogen-bond donors (Lipinski definition) is 1. The van der Waals surface area contributed by atoms with Crippen molar-refractivity contribution in [1.82, 2.24) is 13.9 Å². The molecule has 0 aliphatic carbocycles. The number of rotatable bonds is 6. The number of imidazole rings is 1. The summed E-state index contributed by atoms with van der Waals surface area (Å²) in [6, 6.07) is 0. The lowest BCUT2D eigenvalue weighted by molar-refractivity contribution is 0.595. The van der Waals surface area contributed by atoms with Gasteiger partial charge in [0.25, 0.3) is 0 Å². The maximum absolute atomic E-state index is 12.3. The van der Waals surface area contributed by atoms with E-state index in [9.17, 15) is 8.42 Å². The van der Waals surface area contributed by atoms with E-state index >= 15 is 0 Å². The van der Waals surface area contributed by atoms with Crippen LogP contribution in [0.5, 0.6) is 0 Å². The van der Waals surface area contributed by atoms with Crippen LogP contribution in [-0.4, -0.2) is 35.1 Å². The molecule has 0 aromatic carbocycles. The molecular weight excluding hydrogens is 310 g/mol. The fraction of sp³-hybridized carbons (Fsp3) is 0.500. The quantitative estimate of drug-likeness (QED) is 0.858. The van der Waals surface area contributed by atoms with Crippen LogP contribution < -0.4 is 10.6 Å². The molecule has 0 spiro atoms. The van der Waals surface area contributed by atoms with Crippen LogP contribution in [0.25, 0.3) is 0 Å². The Balaban J connectivity index is 2.35. The lowest BCUT2D eigenvalue weighted by Crippen LogP contribution is -2.21. The average Bonchev–Trinajstić information content (AvgIpc) is 2.96. The van der Waals surface area contributed by atoms with Crippen LogP contribution in [-0.2, 0) is 23.4 Å². The molecule has 2 N–H and O–H groups in total. The standard InChI is InChI=1S/C12H19N5O2S2/c1-4-7-21(18,19)10-11(13)15-20-12(10)17(3)8-9-14-5-6-16(9)2/h5-6H,4,7-8H2,1-3H3,(H2,13,15). The Morgan fingerprint density at radius 2 is 2.19 bits per heavy atom. The highest BCUT2D eigenvalue weighted by Crippen LogP contribution is 2.35. The Labute approximate surface area is 128 Å². The van der Waals surface area contributed by atoms with E-state index in [1.807, 2.05) is 36.7 Å². The summed E-state index contributed by atoms with van der Waals surface area (Å²) in [5.74, 6) is 0.984. The Morgan fingerprint density at radius 3 is 2.76 bits per heavy atom. The van der Waals surface area contributed by atoms with Gasteiger partial charge in [-0.3, -0.25) is 0 Å². The van der Waals surface area contributed by atoms with Crippen LogP contribution in [0.1, 0.15) is 19.2 Å². The zero-order valence-electron chi connectivity index (χ0n) is 12.3. The monoisotopic (exact) mass is 329 g/mol. The minimum absolute atomic E-state index is 0.0683. The number of nitrogens with two attached hydrogens (primary N) is 1. The molecule has 2 aromatic heterocycles. The molecule has 0 unspecified atom stereocenters. The molecule has 7 nitrogen and oxygen atoms in total. The van der Waals surface area contributed by atoms with Gasteiger partial charge in [0.2, 0.25) is 0 Å². The molecule has 116 valence electrons. The van der Waals surface area contributed by atoms with Crippen molar-refractivity contribution in [2.75, 3.05) is 23.4 Å². The van der Waals surface area contributed by atoms with Gasteiger partial charge in [-0.05, 0) is 18.0 Å². The summed E-state index contributed by atoms with van der Waals surface area (Å²) in [7, 11) is 0.299. The number of aryl methyl sites for hydroxylation is 1. The highest BCUT2D eigenvalue weighted by Gasteiger charge is 2.27. The van der Waals surface area contributed by atoms with Gasteiger partial charge in [0.05, 0.1) is 12.3 Å². The van der Waals surface area contributed by atoms with E-state index in [-0.39, 0.29) is 16.5 Å². The van der Waals surface area contributed by atoms with Gasteiger partial charge >= 0.3 is 0 Å². The first-order valence-corrected chi connectivity index (χ1v) is 8.94. The third-order valence-electron chi connectivity index (χ3n) is 3.09. The molecule has 0 atom stereocenters. The summed E-state index contributed by atoms with van der Waals surface area (Å²) < 4.78 is 30.6. The first-order chi connectivity index (χ1) is 9.86. The van der Waals surface area contributed by atoms with E-state index in [2.05, 4.69) is 9.36 Å². The summed E-state index contributed by atoms with van der Waals surface area (Å²) in [5.41, 5.74) is 5.77. The number of aromatic nitrogens is 3. The van der Waals surface area contributed by atoms with Gasteiger partial charge in [-0.1, -0.05) is 6.92 Å². The molecule has 0 amide bonds. The first-order valence-electron chi connectivity index (χ1n) is 6.52. The second-order valence-electron chi connectivity index (χ2n) is 4.83. The van der Waals surface area contributed by atoms with Crippen LogP contribution in [0.2, 0.25) is 0 Å². The third-order valence-corrected chi connectivity index (χ3v) is 6.16. The molecule has 2 aromatic rings. The van der Waals surface area contributed by atoms with Crippen LogP contribution in [0.4, 0.5) is 10.8 Å². The van der Waals surface area contributed by atoms with Gasteiger partial charge in [0.15, 0.2) is 15.7 Å². The van der Waals surface area contributed by atoms with Crippen molar-refractivity contribution in [3.05, 3.63) is 18.2 Å². The normalized spacial score (nSPS) is 11.8. The van der Waals surface area contributed by atoms with Gasteiger partial charge in [-0.2, -0.15) is 4.37 Å². The molecule has 0 saturated carbocycles. The van der Waals surface area contributed by atoms with E-state index < -0.39 is 9.84 Å². The SMILES string of the molecule is CCCS(=O)(=O)c1c(N)nsc1N(C)Cc1nccn1C. The molecule has 0 aliphatic rings. The fourth-order valence-electron chi connectivity index (χ4n) is 2.02. The molecule has 21 heavy (non-hydrogen) atoms. The molecule has 2 heterocycles. The van der Waals surface area contributed by atoms with Crippen molar-refractivity contribution in [2.45, 2.75) is 24.8 Å². The molecule has 0 saturated heterocycles. The molecule has 0 bridgehead atoms. The predicted octanol–water partition coefficient (Wildman–Crippen LogP) is 1.28. The zero-order valence-corrected chi connectivity index (χ0v) is 13.9. The van der Waals surface area contributed by atoms with Crippen LogP contribution in [0.3, 0.4) is 0 Å². The summed E-state index contributed by atoms with van der Waals surface area (Å²) >= 11 is 1.10. The van der Waals surface area contributed by atoms with Gasteiger partial charge in [-0.25, -0.2) is 13.4 Å². The Hall–Kier alpha value is -1.61. The minimum atomic E-state index is -3.41. The van der Waals surface area contributed by atoms with Crippen molar-refractivity contribution >= 4 is 32.2 Å². The van der Waals surface area contributed by atoms with Crippen LogP contribution in [0.15, 0.2) is 17.3 Å². The van der Waals surface area contributed by atoms with E-state index in [1.165, 1.54) is 0 Å². The van der Waals surface area contributed by atoms with E-state index in [4.69, 9.17) is 5.73 Å². The predicted molar refractivity (Wildman–Crippen MR) is 84.2 cm³/mol. The van der Waals surface area contributed by atoms with Gasteiger partial charge in [-0.15, -0.1) is 0 Å². The van der Waals surface area contributed by atoms with Gasteiger partial charge in [0, 0.05) is 26.5 Å². The number of nitrogens with zero attached hydrogens (tertiary/aromatic N) is 4. The lowest BCUT2D eigenvalue weighted by atomic mass is 10.5. The van der Waals surface area contributed by atoms with Crippen LogP contribution >= 0.6 is 11.5 Å². The van der Waals surface area contributed by atoms with Gasteiger partial charge < -0.3 is 15.2 Å². The van der Waals surface area contributed by atoms with Crippen molar-refractivity contribution in [1.29, 1.82) is 0 Å². The Bertz CT molecular complexity index is 720. The maximum Gasteiger partial charge on any atom is 0.185 e. The topological polar surface area (TPSA) is 94.1 Å².